The summed E-state index contributed by atoms with van der Waals surface area (Å²) in [4.78, 5) is 15.4. The summed E-state index contributed by atoms with van der Waals surface area (Å²) in [7, 11) is 0. The Balaban J connectivity index is 1.47. The molecular formula is C24H34N2O3. The van der Waals surface area contributed by atoms with Crippen LogP contribution in [0.15, 0.2) is 35.6 Å². The maximum Gasteiger partial charge on any atom is 0.340 e. The molecule has 0 amide bonds. The lowest BCUT2D eigenvalue weighted by Crippen LogP contribution is -2.51. The molecule has 2 heterocycles. The van der Waals surface area contributed by atoms with Crippen molar-refractivity contribution >= 4 is 17.3 Å². The van der Waals surface area contributed by atoms with Gasteiger partial charge in [-0.25, -0.2) is 4.79 Å². The second-order valence-corrected chi connectivity index (χ2v) is 9.65. The molecule has 29 heavy (non-hydrogen) atoms. The number of carbonyl (C=O) groups excluding carboxylic acids is 1. The van der Waals surface area contributed by atoms with E-state index in [1.54, 1.807) is 0 Å². The molecule has 0 aromatic heterocycles. The molecule has 1 fully saturated rings. The molecule has 5 nitrogen and oxygen atoms in total. The van der Waals surface area contributed by atoms with Gasteiger partial charge in [0.2, 0.25) is 0 Å². The van der Waals surface area contributed by atoms with Gasteiger partial charge in [0.05, 0.1) is 11.4 Å². The molecule has 1 aromatic carbocycles. The number of nitrogens with one attached hydrogen (secondary N) is 1. The Kier molecular flexibility index (Phi) is 5.26. The molecule has 1 aliphatic carbocycles. The van der Waals surface area contributed by atoms with E-state index in [9.17, 15) is 4.79 Å². The number of hydrogen-bond acceptors (Lipinski definition) is 5. The molecule has 0 bridgehead atoms. The number of ether oxygens (including phenoxy) is 2. The predicted molar refractivity (Wildman–Crippen MR) is 116 cm³/mol. The van der Waals surface area contributed by atoms with Crippen LogP contribution in [-0.4, -0.2) is 30.9 Å². The van der Waals surface area contributed by atoms with E-state index in [0.29, 0.717) is 22.7 Å². The summed E-state index contributed by atoms with van der Waals surface area (Å²) < 4.78 is 12.1. The third-order valence-electron chi connectivity index (χ3n) is 6.84. The molecule has 5 heteroatoms. The number of para-hydroxylation sites is 2. The summed E-state index contributed by atoms with van der Waals surface area (Å²) in [6.07, 6.45) is 3.94. The highest BCUT2D eigenvalue weighted by Gasteiger charge is 2.46. The minimum Gasteiger partial charge on any atom is -0.472 e. The minimum absolute atomic E-state index is 0.0126. The van der Waals surface area contributed by atoms with E-state index in [-0.39, 0.29) is 24.3 Å². The van der Waals surface area contributed by atoms with E-state index in [1.165, 1.54) is 0 Å². The van der Waals surface area contributed by atoms with Gasteiger partial charge in [0.15, 0.2) is 6.23 Å². The molecule has 2 atom stereocenters. The van der Waals surface area contributed by atoms with Crippen molar-refractivity contribution < 1.29 is 14.3 Å². The zero-order valence-electron chi connectivity index (χ0n) is 18.3. The number of anilines is 2. The lowest BCUT2D eigenvalue weighted by molar-refractivity contribution is -0.146. The number of fused-ring (bicyclic) bond motifs is 2. The maximum atomic E-state index is 13.1. The van der Waals surface area contributed by atoms with Crippen LogP contribution in [0.1, 0.15) is 60.3 Å². The molecule has 2 aliphatic heterocycles. The number of esters is 1. The van der Waals surface area contributed by atoms with E-state index < -0.39 is 0 Å². The molecular weight excluding hydrogens is 364 g/mol. The third kappa shape index (κ3) is 3.72. The van der Waals surface area contributed by atoms with Crippen molar-refractivity contribution in [3.05, 3.63) is 35.6 Å². The fourth-order valence-electron chi connectivity index (χ4n) is 5.09. The van der Waals surface area contributed by atoms with Crippen LogP contribution < -0.4 is 10.2 Å². The summed E-state index contributed by atoms with van der Waals surface area (Å²) >= 11 is 0. The Morgan fingerprint density at radius 1 is 1.21 bits per heavy atom. The SMILES string of the molecule is CCN1c2ccccc2N[C@@H]2C(C(=O)OC3CCC(C(C)(C)C)CC3)=C(C)O[C@@H]21. The standard InChI is InChI=1S/C24H34N2O3/c1-6-26-19-10-8-7-9-18(19)25-21-20(15(2)28-22(21)26)23(27)29-17-13-11-16(12-14-17)24(3,4)5/h7-10,16-17,21-22,25H,6,11-14H2,1-5H3/t16?,17?,21-,22+/m1/s1. The van der Waals surface area contributed by atoms with Crippen LogP contribution in [0, 0.1) is 11.3 Å². The zero-order chi connectivity index (χ0) is 20.8. The molecule has 4 rings (SSSR count). The first kappa shape index (κ1) is 20.1. The number of hydrogen-bond donors (Lipinski definition) is 1. The highest BCUT2D eigenvalue weighted by Crippen LogP contribution is 2.42. The normalized spacial score (nSPS) is 28.9. The monoisotopic (exact) mass is 398 g/mol. The fraction of sp³-hybridized carbons (Fsp3) is 0.625. The van der Waals surface area contributed by atoms with Gasteiger partial charge in [0.25, 0.3) is 0 Å². The van der Waals surface area contributed by atoms with Gasteiger partial charge in [-0.15, -0.1) is 0 Å². The van der Waals surface area contributed by atoms with Gasteiger partial charge < -0.3 is 19.7 Å². The molecule has 3 aliphatic rings. The third-order valence-corrected chi connectivity index (χ3v) is 6.84. The van der Waals surface area contributed by atoms with Crippen LogP contribution in [0.2, 0.25) is 0 Å². The highest BCUT2D eigenvalue weighted by molar-refractivity contribution is 5.93. The summed E-state index contributed by atoms with van der Waals surface area (Å²) in [5.74, 6) is 1.15. The van der Waals surface area contributed by atoms with Crippen molar-refractivity contribution in [1.29, 1.82) is 0 Å². The lowest BCUT2D eigenvalue weighted by Gasteiger charge is -2.40. The first-order valence-corrected chi connectivity index (χ1v) is 11.0. The topological polar surface area (TPSA) is 50.8 Å². The molecule has 0 unspecified atom stereocenters. The van der Waals surface area contributed by atoms with Crippen molar-refractivity contribution in [3.63, 3.8) is 0 Å². The van der Waals surface area contributed by atoms with Gasteiger partial charge in [0, 0.05) is 6.54 Å². The van der Waals surface area contributed by atoms with E-state index in [1.807, 2.05) is 19.1 Å². The predicted octanol–water partition coefficient (Wildman–Crippen LogP) is 5.09. The highest BCUT2D eigenvalue weighted by atomic mass is 16.6. The summed E-state index contributed by atoms with van der Waals surface area (Å²) in [6, 6.07) is 7.98. The van der Waals surface area contributed by atoms with Crippen molar-refractivity contribution in [2.75, 3.05) is 16.8 Å². The Bertz CT molecular complexity index is 803. The first-order valence-electron chi connectivity index (χ1n) is 11.0. The quantitative estimate of drug-likeness (QED) is 0.719. The van der Waals surface area contributed by atoms with Crippen molar-refractivity contribution in [2.45, 2.75) is 78.7 Å². The Morgan fingerprint density at radius 2 is 1.90 bits per heavy atom. The molecule has 0 saturated heterocycles. The molecule has 1 saturated carbocycles. The molecule has 0 spiro atoms. The van der Waals surface area contributed by atoms with E-state index >= 15 is 0 Å². The number of carbonyl (C=O) groups is 1. The van der Waals surface area contributed by atoms with Gasteiger partial charge >= 0.3 is 5.97 Å². The van der Waals surface area contributed by atoms with E-state index in [2.05, 4.69) is 50.0 Å². The average molecular weight is 399 g/mol. The van der Waals surface area contributed by atoms with Crippen LogP contribution in [0.25, 0.3) is 0 Å². The van der Waals surface area contributed by atoms with Crippen LogP contribution in [-0.2, 0) is 14.3 Å². The Labute approximate surface area is 174 Å². The second-order valence-electron chi connectivity index (χ2n) is 9.65. The summed E-state index contributed by atoms with van der Waals surface area (Å²) in [5.41, 5.74) is 3.11. The van der Waals surface area contributed by atoms with Crippen LogP contribution in [0.4, 0.5) is 11.4 Å². The van der Waals surface area contributed by atoms with Crippen LogP contribution in [0.5, 0.6) is 0 Å². The second kappa shape index (κ2) is 7.58. The van der Waals surface area contributed by atoms with Gasteiger partial charge in [0.1, 0.15) is 23.5 Å². The van der Waals surface area contributed by atoms with E-state index in [0.717, 1.165) is 43.6 Å². The number of benzene rings is 1. The van der Waals surface area contributed by atoms with Gasteiger partial charge in [-0.1, -0.05) is 32.9 Å². The number of rotatable bonds is 3. The molecule has 158 valence electrons. The first-order chi connectivity index (χ1) is 13.8. The smallest absolute Gasteiger partial charge is 0.340 e. The number of likely N-dealkylation sites (N-methyl/N-ethyl adjacent to an activating group) is 1. The summed E-state index contributed by atoms with van der Waals surface area (Å²) in [6.45, 7) is 11.7. The fourth-order valence-corrected chi connectivity index (χ4v) is 5.09. The molecule has 1 N–H and O–H groups in total. The average Bonchev–Trinajstić information content (AvgIpc) is 3.01. The summed E-state index contributed by atoms with van der Waals surface area (Å²) in [5, 5.41) is 3.52. The molecule has 1 aromatic rings. The Morgan fingerprint density at radius 3 is 2.55 bits per heavy atom. The zero-order valence-corrected chi connectivity index (χ0v) is 18.3. The molecule has 0 radical (unpaired) electrons. The largest absolute Gasteiger partial charge is 0.472 e. The van der Waals surface area contributed by atoms with Crippen LogP contribution in [0.3, 0.4) is 0 Å². The van der Waals surface area contributed by atoms with Gasteiger partial charge in [-0.3, -0.25) is 0 Å². The van der Waals surface area contributed by atoms with Crippen molar-refractivity contribution in [1.82, 2.24) is 0 Å². The number of allylic oxidation sites excluding steroid dienone is 1. The lowest BCUT2D eigenvalue weighted by atomic mass is 9.72. The van der Waals surface area contributed by atoms with Gasteiger partial charge in [-0.2, -0.15) is 0 Å². The van der Waals surface area contributed by atoms with Crippen molar-refractivity contribution in [2.24, 2.45) is 11.3 Å². The maximum absolute atomic E-state index is 13.1. The number of nitrogens with zero attached hydrogens (tertiary/aromatic N) is 1. The van der Waals surface area contributed by atoms with Crippen LogP contribution >= 0.6 is 0 Å². The van der Waals surface area contributed by atoms with Gasteiger partial charge in [-0.05, 0) is 63.0 Å². The minimum atomic E-state index is -0.225. The Hall–Kier alpha value is -2.17. The van der Waals surface area contributed by atoms with Crippen molar-refractivity contribution in [3.8, 4) is 0 Å². The van der Waals surface area contributed by atoms with E-state index in [4.69, 9.17) is 9.47 Å².